The van der Waals surface area contributed by atoms with Crippen LogP contribution in [0.1, 0.15) is 19.4 Å². The zero-order chi connectivity index (χ0) is 12.5. The van der Waals surface area contributed by atoms with Gasteiger partial charge in [-0.1, -0.05) is 30.3 Å². The van der Waals surface area contributed by atoms with Gasteiger partial charge in [-0.2, -0.15) is 0 Å². The van der Waals surface area contributed by atoms with Gasteiger partial charge in [-0.25, -0.2) is 4.79 Å². The minimum absolute atomic E-state index is 0.198. The Balaban J connectivity index is 1.89. The van der Waals surface area contributed by atoms with E-state index in [0.29, 0.717) is 0 Å². The Bertz CT molecular complexity index is 436. The van der Waals surface area contributed by atoms with Gasteiger partial charge in [0.25, 0.3) is 0 Å². The van der Waals surface area contributed by atoms with E-state index in [1.165, 1.54) is 0 Å². The topological polar surface area (TPSA) is 52.6 Å². The summed E-state index contributed by atoms with van der Waals surface area (Å²) in [5.74, 6) is -0.849. The molecule has 1 aliphatic heterocycles. The van der Waals surface area contributed by atoms with Crippen LogP contribution in [0.4, 0.5) is 0 Å². The predicted molar refractivity (Wildman–Crippen MR) is 59.9 cm³/mol. The lowest BCUT2D eigenvalue weighted by Crippen LogP contribution is -2.57. The number of ether oxygens (including phenoxy) is 2. The Kier molecular flexibility index (Phi) is 2.88. The van der Waals surface area contributed by atoms with E-state index in [4.69, 9.17) is 9.47 Å². The first-order valence-electron chi connectivity index (χ1n) is 5.43. The highest BCUT2D eigenvalue weighted by Crippen LogP contribution is 2.36. The Morgan fingerprint density at radius 1 is 1.35 bits per heavy atom. The Hall–Kier alpha value is -1.84. The summed E-state index contributed by atoms with van der Waals surface area (Å²) in [6.07, 6.45) is -0.779. The minimum atomic E-state index is -0.779. The lowest BCUT2D eigenvalue weighted by atomic mass is 9.81. The van der Waals surface area contributed by atoms with Gasteiger partial charge in [-0.05, 0) is 19.4 Å². The van der Waals surface area contributed by atoms with Crippen molar-refractivity contribution in [2.45, 2.75) is 26.6 Å². The molecular weight excluding hydrogens is 220 g/mol. The molecule has 0 unspecified atom stereocenters. The van der Waals surface area contributed by atoms with Crippen LogP contribution in [0.5, 0.6) is 0 Å². The fourth-order valence-electron chi connectivity index (χ4n) is 1.60. The van der Waals surface area contributed by atoms with Crippen molar-refractivity contribution in [3.05, 3.63) is 35.9 Å². The largest absolute Gasteiger partial charge is 0.458 e. The van der Waals surface area contributed by atoms with Crippen LogP contribution in [-0.4, -0.2) is 18.0 Å². The van der Waals surface area contributed by atoms with Crippen molar-refractivity contribution in [2.75, 3.05) is 0 Å². The molecule has 1 aliphatic rings. The normalized spacial score (nSPS) is 21.3. The van der Waals surface area contributed by atoms with Crippen molar-refractivity contribution in [1.82, 2.24) is 0 Å². The average molecular weight is 234 g/mol. The maximum Gasteiger partial charge on any atom is 0.348 e. The van der Waals surface area contributed by atoms with E-state index in [0.717, 1.165) is 5.56 Å². The molecule has 4 nitrogen and oxygen atoms in total. The van der Waals surface area contributed by atoms with E-state index in [1.54, 1.807) is 13.8 Å². The average Bonchev–Trinajstić information content (AvgIpc) is 2.34. The molecule has 0 aliphatic carbocycles. The van der Waals surface area contributed by atoms with Gasteiger partial charge in [-0.15, -0.1) is 0 Å². The third kappa shape index (κ3) is 2.16. The van der Waals surface area contributed by atoms with Gasteiger partial charge in [0.05, 0.1) is 0 Å². The quantitative estimate of drug-likeness (QED) is 0.747. The summed E-state index contributed by atoms with van der Waals surface area (Å²) >= 11 is 0. The third-order valence-corrected chi connectivity index (χ3v) is 2.84. The first-order chi connectivity index (χ1) is 8.01. The molecular formula is C13H14O4. The predicted octanol–water partition coefficient (Wildman–Crippen LogP) is 1.68. The van der Waals surface area contributed by atoms with E-state index in [-0.39, 0.29) is 12.6 Å². The Morgan fingerprint density at radius 3 is 2.53 bits per heavy atom. The summed E-state index contributed by atoms with van der Waals surface area (Å²) in [7, 11) is 0. The number of carbonyl (C=O) groups excluding carboxylic acids is 2. The van der Waals surface area contributed by atoms with Gasteiger partial charge >= 0.3 is 11.9 Å². The van der Waals surface area contributed by atoms with E-state index < -0.39 is 17.5 Å². The van der Waals surface area contributed by atoms with Crippen LogP contribution >= 0.6 is 0 Å². The van der Waals surface area contributed by atoms with Crippen LogP contribution < -0.4 is 0 Å². The van der Waals surface area contributed by atoms with E-state index in [2.05, 4.69) is 0 Å². The van der Waals surface area contributed by atoms with E-state index in [1.807, 2.05) is 30.3 Å². The molecule has 0 aromatic heterocycles. The van der Waals surface area contributed by atoms with E-state index in [9.17, 15) is 9.59 Å². The van der Waals surface area contributed by atoms with Crippen molar-refractivity contribution < 1.29 is 19.1 Å². The second-order valence-electron chi connectivity index (χ2n) is 4.60. The van der Waals surface area contributed by atoms with Gasteiger partial charge in [0.15, 0.2) is 0 Å². The molecule has 1 aromatic rings. The minimum Gasteiger partial charge on any atom is -0.458 e. The van der Waals surface area contributed by atoms with Crippen LogP contribution in [0, 0.1) is 5.41 Å². The molecule has 1 atom stereocenters. The molecule has 0 bridgehead atoms. The number of rotatable bonds is 3. The summed E-state index contributed by atoms with van der Waals surface area (Å²) in [6.45, 7) is 3.55. The maximum absolute atomic E-state index is 11.7. The summed E-state index contributed by atoms with van der Waals surface area (Å²) in [5.41, 5.74) is 0.137. The number of hydrogen-bond acceptors (Lipinski definition) is 4. The fourth-order valence-corrected chi connectivity index (χ4v) is 1.60. The molecule has 0 amide bonds. The summed E-state index contributed by atoms with van der Waals surface area (Å²) in [4.78, 5) is 22.8. The molecule has 4 heteroatoms. The molecule has 1 heterocycles. The van der Waals surface area contributed by atoms with E-state index >= 15 is 0 Å². The highest BCUT2D eigenvalue weighted by molar-refractivity contribution is 5.94. The molecule has 0 saturated carbocycles. The van der Waals surface area contributed by atoms with Crippen LogP contribution in [0.3, 0.4) is 0 Å². The number of cyclic esters (lactones) is 1. The van der Waals surface area contributed by atoms with Gasteiger partial charge in [0.1, 0.15) is 12.0 Å². The van der Waals surface area contributed by atoms with Gasteiger partial charge in [0.2, 0.25) is 6.10 Å². The number of carbonyl (C=O) groups is 2. The van der Waals surface area contributed by atoms with Crippen molar-refractivity contribution in [2.24, 2.45) is 5.41 Å². The van der Waals surface area contributed by atoms with Crippen molar-refractivity contribution in [1.29, 1.82) is 0 Å². The summed E-state index contributed by atoms with van der Waals surface area (Å²) < 4.78 is 9.89. The van der Waals surface area contributed by atoms with Crippen LogP contribution in [-0.2, 0) is 25.7 Å². The molecule has 0 N–H and O–H groups in total. The zero-order valence-electron chi connectivity index (χ0n) is 9.80. The molecule has 90 valence electrons. The molecule has 1 fully saturated rings. The zero-order valence-corrected chi connectivity index (χ0v) is 9.80. The van der Waals surface area contributed by atoms with Crippen molar-refractivity contribution in [3.8, 4) is 0 Å². The third-order valence-electron chi connectivity index (χ3n) is 2.84. The molecule has 0 radical (unpaired) electrons. The lowest BCUT2D eigenvalue weighted by molar-refractivity contribution is -0.212. The second kappa shape index (κ2) is 4.20. The summed E-state index contributed by atoms with van der Waals surface area (Å²) in [5, 5.41) is 0. The smallest absolute Gasteiger partial charge is 0.348 e. The first-order valence-corrected chi connectivity index (χ1v) is 5.43. The second-order valence-corrected chi connectivity index (χ2v) is 4.60. The fraction of sp³-hybridized carbons (Fsp3) is 0.385. The molecule has 0 spiro atoms. The lowest BCUT2D eigenvalue weighted by Gasteiger charge is -2.39. The summed E-state index contributed by atoms with van der Waals surface area (Å²) in [6, 6.07) is 9.37. The Morgan fingerprint density at radius 2 is 2.00 bits per heavy atom. The highest BCUT2D eigenvalue weighted by atomic mass is 16.6. The maximum atomic E-state index is 11.7. The molecule has 1 saturated heterocycles. The van der Waals surface area contributed by atoms with Crippen molar-refractivity contribution >= 4 is 11.9 Å². The number of benzene rings is 1. The van der Waals surface area contributed by atoms with Gasteiger partial charge < -0.3 is 9.47 Å². The Labute approximate surface area is 99.5 Å². The molecule has 1 aromatic carbocycles. The van der Waals surface area contributed by atoms with Gasteiger partial charge in [-0.3, -0.25) is 4.79 Å². The van der Waals surface area contributed by atoms with Gasteiger partial charge in [0, 0.05) is 0 Å². The highest BCUT2D eigenvalue weighted by Gasteiger charge is 2.55. The monoisotopic (exact) mass is 234 g/mol. The molecule has 17 heavy (non-hydrogen) atoms. The van der Waals surface area contributed by atoms with Crippen LogP contribution in [0.2, 0.25) is 0 Å². The SMILES string of the molecule is CC1(C)C(=O)O[C@@H]1C(=O)OCc1ccccc1. The molecule has 2 rings (SSSR count). The van der Waals surface area contributed by atoms with Crippen LogP contribution in [0.15, 0.2) is 30.3 Å². The number of esters is 2. The van der Waals surface area contributed by atoms with Crippen molar-refractivity contribution in [3.63, 3.8) is 0 Å². The number of hydrogen-bond donors (Lipinski definition) is 0. The first kappa shape index (κ1) is 11.6. The standard InChI is InChI=1S/C13H14O4/c1-13(2)10(17-12(13)15)11(14)16-8-9-6-4-3-5-7-9/h3-7,10H,8H2,1-2H3/t10-/m1/s1. The van der Waals surface area contributed by atoms with Crippen LogP contribution in [0.25, 0.3) is 0 Å².